The van der Waals surface area contributed by atoms with E-state index in [4.69, 9.17) is 11.6 Å². The van der Waals surface area contributed by atoms with E-state index in [1.807, 2.05) is 24.3 Å². The summed E-state index contributed by atoms with van der Waals surface area (Å²) in [5.74, 6) is 0. The van der Waals surface area contributed by atoms with Crippen LogP contribution in [0.4, 0.5) is 11.4 Å². The van der Waals surface area contributed by atoms with Crippen molar-refractivity contribution < 1.29 is 0 Å². The van der Waals surface area contributed by atoms with Crippen LogP contribution in [0.3, 0.4) is 0 Å². The lowest BCUT2D eigenvalue weighted by Gasteiger charge is -2.10. The Balaban J connectivity index is 2.31. The minimum Gasteiger partial charge on any atom is -0.355 e. The van der Waals surface area contributed by atoms with Crippen LogP contribution in [-0.2, 0) is 0 Å². The van der Waals surface area contributed by atoms with Crippen LogP contribution in [0.25, 0.3) is 0 Å². The molecule has 0 atom stereocenters. The first kappa shape index (κ1) is 11.4. The van der Waals surface area contributed by atoms with Gasteiger partial charge in [0.15, 0.2) is 0 Å². The quantitative estimate of drug-likeness (QED) is 0.823. The predicted molar refractivity (Wildman–Crippen MR) is 71.4 cm³/mol. The Morgan fingerprint density at radius 3 is 2.88 bits per heavy atom. The summed E-state index contributed by atoms with van der Waals surface area (Å²) in [5.41, 5.74) is 3.15. The molecule has 4 heteroatoms. The number of nitrogens with zero attached hydrogens (tertiary/aromatic N) is 1. The number of rotatable bonds is 2. The molecule has 0 aliphatic heterocycles. The number of hydrogen-bond donors (Lipinski definition) is 1. The zero-order chi connectivity index (χ0) is 11.5. The number of hydrogen-bond acceptors (Lipinski definition) is 2. The number of pyridine rings is 1. The van der Waals surface area contributed by atoms with Gasteiger partial charge in [-0.3, -0.25) is 0 Å². The van der Waals surface area contributed by atoms with Gasteiger partial charge in [0.2, 0.25) is 0 Å². The van der Waals surface area contributed by atoms with Crippen molar-refractivity contribution in [3.05, 3.63) is 51.7 Å². The molecule has 0 radical (unpaired) electrons. The summed E-state index contributed by atoms with van der Waals surface area (Å²) in [6, 6.07) is 9.70. The van der Waals surface area contributed by atoms with Crippen molar-refractivity contribution in [2.45, 2.75) is 6.92 Å². The maximum absolute atomic E-state index is 5.82. The number of nitrogens with one attached hydrogen (secondary N) is 1. The SMILES string of the molecule is Cc1c(Br)cccc1Nc1ccnc(Cl)c1. The van der Waals surface area contributed by atoms with Gasteiger partial charge in [-0.25, -0.2) is 4.98 Å². The number of aromatic nitrogens is 1. The average Bonchev–Trinajstić information content (AvgIpc) is 2.25. The third-order valence-electron chi connectivity index (χ3n) is 2.27. The average molecular weight is 298 g/mol. The fraction of sp³-hybridized carbons (Fsp3) is 0.0833. The van der Waals surface area contributed by atoms with Crippen molar-refractivity contribution in [1.29, 1.82) is 0 Å². The molecule has 0 saturated carbocycles. The van der Waals surface area contributed by atoms with Gasteiger partial charge >= 0.3 is 0 Å². The second kappa shape index (κ2) is 4.85. The first-order valence-corrected chi connectivity index (χ1v) is 5.97. The van der Waals surface area contributed by atoms with Gasteiger partial charge in [-0.1, -0.05) is 33.6 Å². The third-order valence-corrected chi connectivity index (χ3v) is 3.34. The summed E-state index contributed by atoms with van der Waals surface area (Å²) in [4.78, 5) is 3.94. The number of halogens is 2. The Morgan fingerprint density at radius 1 is 1.31 bits per heavy atom. The van der Waals surface area contributed by atoms with Gasteiger partial charge in [0.05, 0.1) is 0 Å². The molecule has 2 rings (SSSR count). The number of anilines is 2. The third kappa shape index (κ3) is 2.54. The number of benzene rings is 1. The lowest BCUT2D eigenvalue weighted by Crippen LogP contribution is -1.93. The fourth-order valence-electron chi connectivity index (χ4n) is 1.38. The van der Waals surface area contributed by atoms with Crippen LogP contribution in [0.1, 0.15) is 5.56 Å². The summed E-state index contributed by atoms with van der Waals surface area (Å²) < 4.78 is 1.08. The highest BCUT2D eigenvalue weighted by Gasteiger charge is 2.02. The Labute approximate surface area is 108 Å². The van der Waals surface area contributed by atoms with Crippen molar-refractivity contribution in [3.63, 3.8) is 0 Å². The van der Waals surface area contributed by atoms with Gasteiger partial charge in [0.1, 0.15) is 5.15 Å². The van der Waals surface area contributed by atoms with E-state index in [2.05, 4.69) is 33.2 Å². The zero-order valence-corrected chi connectivity index (χ0v) is 11.0. The maximum Gasteiger partial charge on any atom is 0.131 e. The highest BCUT2D eigenvalue weighted by molar-refractivity contribution is 9.10. The molecule has 0 aliphatic carbocycles. The second-order valence-electron chi connectivity index (χ2n) is 3.40. The summed E-state index contributed by atoms with van der Waals surface area (Å²) >= 11 is 9.32. The molecule has 0 fully saturated rings. The van der Waals surface area contributed by atoms with Crippen LogP contribution >= 0.6 is 27.5 Å². The van der Waals surface area contributed by atoms with E-state index in [0.717, 1.165) is 21.4 Å². The smallest absolute Gasteiger partial charge is 0.131 e. The van der Waals surface area contributed by atoms with E-state index < -0.39 is 0 Å². The highest BCUT2D eigenvalue weighted by atomic mass is 79.9. The Bertz CT molecular complexity index is 514. The first-order chi connectivity index (χ1) is 7.66. The van der Waals surface area contributed by atoms with Gasteiger partial charge < -0.3 is 5.32 Å². The molecule has 1 heterocycles. The Morgan fingerprint density at radius 2 is 2.12 bits per heavy atom. The van der Waals surface area contributed by atoms with Gasteiger partial charge in [0.25, 0.3) is 0 Å². The van der Waals surface area contributed by atoms with Crippen molar-refractivity contribution in [2.24, 2.45) is 0 Å². The Kier molecular flexibility index (Phi) is 3.46. The highest BCUT2D eigenvalue weighted by Crippen LogP contribution is 2.26. The molecule has 0 spiro atoms. The van der Waals surface area contributed by atoms with Gasteiger partial charge in [0, 0.05) is 22.0 Å². The molecule has 0 bridgehead atoms. The van der Waals surface area contributed by atoms with Crippen LogP contribution in [0.2, 0.25) is 5.15 Å². The molecular weight excluding hydrogens is 288 g/mol. The van der Waals surface area contributed by atoms with E-state index in [0.29, 0.717) is 5.15 Å². The van der Waals surface area contributed by atoms with Gasteiger partial charge in [-0.15, -0.1) is 0 Å². The standard InChI is InChI=1S/C12H10BrClN2/c1-8-10(13)3-2-4-11(8)16-9-5-6-15-12(14)7-9/h2-7H,1H3,(H,15,16). The largest absolute Gasteiger partial charge is 0.355 e. The first-order valence-electron chi connectivity index (χ1n) is 4.80. The molecule has 0 saturated heterocycles. The molecule has 0 unspecified atom stereocenters. The van der Waals surface area contributed by atoms with Gasteiger partial charge in [-0.2, -0.15) is 0 Å². The summed E-state index contributed by atoms with van der Waals surface area (Å²) in [5, 5.41) is 3.78. The molecular formula is C12H10BrClN2. The molecule has 1 aromatic carbocycles. The maximum atomic E-state index is 5.82. The van der Waals surface area contributed by atoms with Crippen molar-refractivity contribution in [3.8, 4) is 0 Å². The van der Waals surface area contributed by atoms with Crippen LogP contribution in [0.5, 0.6) is 0 Å². The molecule has 82 valence electrons. The zero-order valence-electron chi connectivity index (χ0n) is 8.67. The molecule has 0 amide bonds. The van der Waals surface area contributed by atoms with E-state index in [-0.39, 0.29) is 0 Å². The van der Waals surface area contributed by atoms with Crippen molar-refractivity contribution in [1.82, 2.24) is 4.98 Å². The van der Waals surface area contributed by atoms with E-state index in [1.54, 1.807) is 12.3 Å². The predicted octanol–water partition coefficient (Wildman–Crippen LogP) is 4.55. The molecule has 1 N–H and O–H groups in total. The Hall–Kier alpha value is -1.06. The lowest BCUT2D eigenvalue weighted by molar-refractivity contribution is 1.32. The van der Waals surface area contributed by atoms with Crippen LogP contribution in [0.15, 0.2) is 41.0 Å². The van der Waals surface area contributed by atoms with Crippen LogP contribution < -0.4 is 5.32 Å². The molecule has 0 aliphatic rings. The molecule has 1 aromatic heterocycles. The van der Waals surface area contributed by atoms with E-state index >= 15 is 0 Å². The van der Waals surface area contributed by atoms with E-state index in [1.165, 1.54) is 0 Å². The summed E-state index contributed by atoms with van der Waals surface area (Å²) in [7, 11) is 0. The monoisotopic (exact) mass is 296 g/mol. The van der Waals surface area contributed by atoms with Gasteiger partial charge in [-0.05, 0) is 36.8 Å². The molecule has 2 nitrogen and oxygen atoms in total. The van der Waals surface area contributed by atoms with Crippen molar-refractivity contribution in [2.75, 3.05) is 5.32 Å². The minimum atomic E-state index is 0.484. The van der Waals surface area contributed by atoms with Crippen LogP contribution in [0, 0.1) is 6.92 Å². The van der Waals surface area contributed by atoms with Crippen LogP contribution in [-0.4, -0.2) is 4.98 Å². The molecule has 16 heavy (non-hydrogen) atoms. The normalized spacial score (nSPS) is 10.2. The summed E-state index contributed by atoms with van der Waals surface area (Å²) in [6.07, 6.45) is 1.68. The molecule has 2 aromatic rings. The topological polar surface area (TPSA) is 24.9 Å². The minimum absolute atomic E-state index is 0.484. The van der Waals surface area contributed by atoms with Crippen molar-refractivity contribution >= 4 is 38.9 Å². The lowest BCUT2D eigenvalue weighted by atomic mass is 10.2. The van der Waals surface area contributed by atoms with E-state index in [9.17, 15) is 0 Å². The summed E-state index contributed by atoms with van der Waals surface area (Å²) in [6.45, 7) is 2.05. The fourth-order valence-corrected chi connectivity index (χ4v) is 1.92. The second-order valence-corrected chi connectivity index (χ2v) is 4.65.